The Labute approximate surface area is 636 Å². The molecular formula is C84H104N18O8. The van der Waals surface area contributed by atoms with Crippen LogP contribution in [0.3, 0.4) is 0 Å². The lowest BCUT2D eigenvalue weighted by molar-refractivity contribution is -0.0247. The summed E-state index contributed by atoms with van der Waals surface area (Å²) >= 11 is 0. The van der Waals surface area contributed by atoms with Gasteiger partial charge in [-0.2, -0.15) is 24.5 Å². The minimum atomic E-state index is -0.759. The summed E-state index contributed by atoms with van der Waals surface area (Å²) in [7, 11) is 0. The second kappa shape index (κ2) is 30.9. The molecule has 10 bridgehead atoms. The number of hydrogen-bond donors (Lipinski definition) is 3. The Balaban J connectivity index is 0.000000116. The third-order valence-electron chi connectivity index (χ3n) is 27.9. The van der Waals surface area contributed by atoms with Crippen molar-refractivity contribution >= 4 is 38.9 Å². The van der Waals surface area contributed by atoms with Gasteiger partial charge in [-0.05, 0) is 195 Å². The molecule has 15 atom stereocenters. The lowest BCUT2D eigenvalue weighted by Gasteiger charge is -2.53. The number of hydrogen-bond acceptors (Lipinski definition) is 18. The number of piperidine rings is 4. The van der Waals surface area contributed by atoms with Gasteiger partial charge in [0.05, 0.1) is 33.1 Å². The minimum absolute atomic E-state index is 0.0303. The molecule has 20 rings (SSSR count). The summed E-state index contributed by atoms with van der Waals surface area (Å²) in [4.78, 5) is 133. The molecule has 0 spiro atoms. The van der Waals surface area contributed by atoms with E-state index in [1.54, 1.807) is 0 Å². The molecule has 578 valence electrons. The molecule has 6 aromatic heterocycles. The van der Waals surface area contributed by atoms with E-state index in [-0.39, 0.29) is 58.1 Å². The Morgan fingerprint density at radius 1 is 0.318 bits per heavy atom. The van der Waals surface area contributed by atoms with E-state index in [9.17, 15) is 38.4 Å². The van der Waals surface area contributed by atoms with Crippen molar-refractivity contribution in [1.29, 1.82) is 0 Å². The van der Waals surface area contributed by atoms with Crippen LogP contribution in [-0.2, 0) is 0 Å². The van der Waals surface area contributed by atoms with E-state index < -0.39 is 28.2 Å². The number of benzene rings is 3. The number of H-pyrrole nitrogens is 2. The maximum absolute atomic E-state index is 14.0. The van der Waals surface area contributed by atoms with Gasteiger partial charge in [-0.3, -0.25) is 48.6 Å². The number of nitrogens with two attached hydrogens (primary N) is 1. The van der Waals surface area contributed by atoms with Crippen molar-refractivity contribution in [2.75, 3.05) is 5.73 Å². The van der Waals surface area contributed by atoms with E-state index in [0.29, 0.717) is 70.9 Å². The molecule has 12 heterocycles. The number of para-hydroxylation sites is 6. The van der Waals surface area contributed by atoms with Gasteiger partial charge < -0.3 is 19.4 Å². The zero-order valence-corrected chi connectivity index (χ0v) is 63.1. The van der Waals surface area contributed by atoms with Crippen LogP contribution in [-0.4, -0.2) is 137 Å². The lowest BCUT2D eigenvalue weighted by atomic mass is 9.76. The van der Waals surface area contributed by atoms with Gasteiger partial charge in [0.1, 0.15) is 18.2 Å². The predicted molar refractivity (Wildman–Crippen MR) is 421 cm³/mol. The maximum atomic E-state index is 14.0. The minimum Gasteiger partial charge on any atom is -0.383 e. The number of aromatic nitrogens is 14. The predicted octanol–water partition coefficient (Wildman–Crippen LogP) is 10.5. The van der Waals surface area contributed by atoms with Gasteiger partial charge in [0.15, 0.2) is 0 Å². The Morgan fingerprint density at radius 2 is 0.655 bits per heavy atom. The van der Waals surface area contributed by atoms with E-state index in [1.807, 2.05) is 86.5 Å². The summed E-state index contributed by atoms with van der Waals surface area (Å²) in [5.41, 5.74) is 5.90. The fourth-order valence-corrected chi connectivity index (χ4v) is 23.7. The monoisotopic (exact) mass is 1490 g/mol. The second-order valence-corrected chi connectivity index (χ2v) is 34.5. The Hall–Kier alpha value is -9.14. The number of nitrogens with zero attached hydrogens (tertiary/aromatic N) is 15. The molecule has 9 aromatic rings. The molecule has 26 heteroatoms. The summed E-state index contributed by atoms with van der Waals surface area (Å²) in [6.07, 6.45) is 46.5. The number of fused-ring (bicyclic) bond motifs is 13. The zero-order valence-electron chi connectivity index (χ0n) is 63.1. The van der Waals surface area contributed by atoms with Crippen LogP contribution < -0.4 is 50.6 Å². The summed E-state index contributed by atoms with van der Waals surface area (Å²) in [6.45, 7) is 0. The Bertz CT molecular complexity index is 5350. The highest BCUT2D eigenvalue weighted by atomic mass is 16.2. The Kier molecular flexibility index (Phi) is 20.3. The highest BCUT2D eigenvalue weighted by molar-refractivity contribution is 5.77. The normalized spacial score (nSPS) is 29.9. The van der Waals surface area contributed by atoms with Crippen molar-refractivity contribution in [2.24, 2.45) is 23.7 Å². The second-order valence-electron chi connectivity index (χ2n) is 34.5. The van der Waals surface area contributed by atoms with Gasteiger partial charge in [-0.15, -0.1) is 0 Å². The number of rotatable bonds is 9. The smallest absolute Gasteiger partial charge is 0.355 e. The number of nitrogen functional groups attached to an aromatic ring is 1. The van der Waals surface area contributed by atoms with Crippen LogP contribution in [0.1, 0.15) is 236 Å². The van der Waals surface area contributed by atoms with Gasteiger partial charge in [0.2, 0.25) is 17.5 Å². The van der Waals surface area contributed by atoms with Gasteiger partial charge in [-0.1, -0.05) is 126 Å². The fraction of sp³-hybridized carbons (Fsp3) is 0.595. The molecule has 11 fully saturated rings. The topological polar surface area (TPSA) is 311 Å². The highest BCUT2D eigenvalue weighted by Crippen LogP contribution is 2.51. The molecule has 26 nitrogen and oxygen atoms in total. The SMILES string of the molecule is Nc1ccn(-c2nc3ccccc3n(C3C[C@H]4CC[C@@H](C3)N4C3C[C@H]4CCCC[C@@H](C3)C4)c2=O)c(=O)n1.O=c1cnn(-c2nc3ccccc3n(C3C[C@H]4CCC[C@@H](C3)N4C3CCCCCCC3)c2=O)c(=O)[nH]1.O=c1cnn(-c2nc3ccccc3n(C3C[C@H]4CC[C@@H](C3)N4C3C[C@H]4CCCC[C@@H](C3)C4)c2=O)c(=O)[nH]1. The van der Waals surface area contributed by atoms with Crippen molar-refractivity contribution in [2.45, 2.75) is 291 Å². The van der Waals surface area contributed by atoms with Crippen LogP contribution in [0.25, 0.3) is 50.6 Å². The highest BCUT2D eigenvalue weighted by Gasteiger charge is 2.50. The third kappa shape index (κ3) is 14.1. The van der Waals surface area contributed by atoms with Gasteiger partial charge in [0, 0.05) is 78.7 Å². The first kappa shape index (κ1) is 72.4. The van der Waals surface area contributed by atoms with E-state index in [4.69, 9.17) is 5.73 Å². The van der Waals surface area contributed by atoms with Crippen molar-refractivity contribution in [3.8, 4) is 17.5 Å². The lowest BCUT2D eigenvalue weighted by Crippen LogP contribution is -2.57. The van der Waals surface area contributed by atoms with Crippen molar-refractivity contribution in [3.05, 3.63) is 181 Å². The first-order valence-electron chi connectivity index (χ1n) is 41.8. The van der Waals surface area contributed by atoms with Crippen LogP contribution in [0.4, 0.5) is 5.82 Å². The molecule has 6 aliphatic heterocycles. The number of nitrogens with one attached hydrogen (secondary N) is 2. The van der Waals surface area contributed by atoms with E-state index >= 15 is 0 Å². The van der Waals surface area contributed by atoms with Crippen molar-refractivity contribution < 1.29 is 0 Å². The van der Waals surface area contributed by atoms with Crippen LogP contribution in [0, 0.1) is 23.7 Å². The fourth-order valence-electron chi connectivity index (χ4n) is 23.7. The molecule has 110 heavy (non-hydrogen) atoms. The molecule has 3 aromatic carbocycles. The van der Waals surface area contributed by atoms with E-state index in [1.165, 1.54) is 197 Å². The van der Waals surface area contributed by atoms with Crippen LogP contribution in [0.15, 0.2) is 136 Å². The maximum Gasteiger partial charge on any atom is 0.355 e. The van der Waals surface area contributed by atoms with E-state index in [2.05, 4.69) is 54.8 Å². The first-order valence-corrected chi connectivity index (χ1v) is 41.8. The van der Waals surface area contributed by atoms with Crippen LogP contribution >= 0.6 is 0 Å². The first-order chi connectivity index (χ1) is 53.7. The molecule has 5 unspecified atom stereocenters. The summed E-state index contributed by atoms with van der Waals surface area (Å²) in [5, 5.41) is 7.85. The van der Waals surface area contributed by atoms with Crippen LogP contribution in [0.5, 0.6) is 0 Å². The third-order valence-corrected chi connectivity index (χ3v) is 27.9. The molecular weight excluding hydrogens is 1390 g/mol. The standard InChI is InChI=1S/C29H36N6O2.C28H34N6O3.C27H34N6O3/c30-26-11-12-33(29(37)32-26)27-28(36)35(25-8-4-3-7-24(25)31-27)23-16-20-9-10-21(17-23)34(20)22-14-18-5-1-2-6-19(13-18)15-22;35-25-16-29-34(28(37)31-25)26-27(36)33(24-8-4-3-7-23(24)30-26)22-14-19-9-10-20(15-22)32(19)21-12-17-5-1-2-6-18(11-17)13-21;34-24-17-28-33(27(36)30-24)25-26(35)32(23-14-7-6-13-22(23)29-25)21-15-19-11-8-12-20(16-21)31(19)18-9-4-2-1-3-5-10-18/h3-4,7-8,11-12,18-23H,1-2,5-6,9-10,13-17H2,(H2,30,32,37);3-4,7-8,16-22H,1-2,5-6,9-15H2,(H,31,35,37);6-7,13-14,17-21H,1-5,8-12,15-16H2,(H,30,34,36)/t18-,19+,20-,21+,22?,23?;17-,18+,19-,20+,21?,22?;19-,20+,21?. The van der Waals surface area contributed by atoms with Gasteiger partial charge >= 0.3 is 17.1 Å². The van der Waals surface area contributed by atoms with Gasteiger partial charge in [-0.25, -0.2) is 33.9 Å². The van der Waals surface area contributed by atoms with Crippen LogP contribution in [0.2, 0.25) is 0 Å². The van der Waals surface area contributed by atoms with Crippen molar-refractivity contribution in [3.63, 3.8) is 0 Å². The largest absolute Gasteiger partial charge is 0.383 e. The molecule has 11 aliphatic rings. The quantitative estimate of drug-likeness (QED) is 0.121. The zero-order chi connectivity index (χ0) is 74.8. The Morgan fingerprint density at radius 3 is 1.05 bits per heavy atom. The van der Waals surface area contributed by atoms with Crippen molar-refractivity contribution in [1.82, 2.24) is 82.4 Å². The molecule has 5 saturated carbocycles. The summed E-state index contributed by atoms with van der Waals surface area (Å²) in [6, 6.07) is 29.7. The average molecular weight is 1490 g/mol. The summed E-state index contributed by atoms with van der Waals surface area (Å²) < 4.78 is 8.72. The molecule has 0 amide bonds. The molecule has 4 N–H and O–H groups in total. The number of aromatic amines is 2. The summed E-state index contributed by atoms with van der Waals surface area (Å²) in [5.74, 6) is 3.69. The average Bonchev–Trinajstić information content (AvgIpc) is 1.25. The molecule has 6 saturated heterocycles. The van der Waals surface area contributed by atoms with E-state index in [0.717, 1.165) is 101 Å². The number of anilines is 1. The van der Waals surface area contributed by atoms with Gasteiger partial charge in [0.25, 0.3) is 27.8 Å². The molecule has 0 radical (unpaired) electrons. The molecule has 5 aliphatic carbocycles.